The number of amides is 3. The highest BCUT2D eigenvalue weighted by molar-refractivity contribution is 6.30. The van der Waals surface area contributed by atoms with Gasteiger partial charge in [-0.1, -0.05) is 23.7 Å². The Morgan fingerprint density at radius 3 is 2.50 bits per heavy atom. The fourth-order valence-corrected chi connectivity index (χ4v) is 4.58. The van der Waals surface area contributed by atoms with Crippen LogP contribution in [0.2, 0.25) is 5.02 Å². The second-order valence-electron chi connectivity index (χ2n) is 8.61. The quantitative estimate of drug-likeness (QED) is 0.743. The number of aromatic nitrogens is 1. The summed E-state index contributed by atoms with van der Waals surface area (Å²) in [4.78, 5) is 48.1. The monoisotopic (exact) mass is 455 g/mol. The van der Waals surface area contributed by atoms with Crippen LogP contribution in [0.4, 0.5) is 5.82 Å². The second-order valence-corrected chi connectivity index (χ2v) is 9.04. The van der Waals surface area contributed by atoms with Gasteiger partial charge in [-0.2, -0.15) is 0 Å². The van der Waals surface area contributed by atoms with Crippen LogP contribution in [0, 0.1) is 0 Å². The van der Waals surface area contributed by atoms with Crippen molar-refractivity contribution < 1.29 is 14.4 Å². The molecule has 32 heavy (non-hydrogen) atoms. The molecule has 168 valence electrons. The summed E-state index contributed by atoms with van der Waals surface area (Å²) in [5.74, 6) is -0.0265. The fourth-order valence-electron chi connectivity index (χ4n) is 4.46. The second kappa shape index (κ2) is 8.43. The van der Waals surface area contributed by atoms with Gasteiger partial charge in [0, 0.05) is 30.4 Å². The largest absolute Gasteiger partial charge is 0.366 e. The van der Waals surface area contributed by atoms with Gasteiger partial charge < -0.3 is 20.4 Å². The lowest BCUT2D eigenvalue weighted by Crippen LogP contribution is -2.69. The molecule has 2 aliphatic rings. The van der Waals surface area contributed by atoms with Gasteiger partial charge in [0.15, 0.2) is 0 Å². The highest BCUT2D eigenvalue weighted by Crippen LogP contribution is 2.37. The molecule has 4 rings (SSSR count). The number of halogens is 1. The van der Waals surface area contributed by atoms with Gasteiger partial charge in [-0.05, 0) is 50.1 Å². The number of hydrogen-bond acceptors (Lipinski definition) is 5. The van der Waals surface area contributed by atoms with Crippen LogP contribution < -0.4 is 10.6 Å². The normalized spacial score (nSPS) is 21.2. The SMILES string of the molecule is CC(C)N1CC(=O)N(Cc2ccc(Cl)cc2)C2(CCN(c3ccc(C(N)=O)cn3)C2)C1=O. The predicted octanol–water partition coefficient (Wildman–Crippen LogP) is 2.06. The maximum Gasteiger partial charge on any atom is 0.251 e. The van der Waals surface area contributed by atoms with Crippen molar-refractivity contribution >= 4 is 35.1 Å². The molecule has 2 aliphatic heterocycles. The average molecular weight is 456 g/mol. The Labute approximate surface area is 191 Å². The number of nitrogens with two attached hydrogens (primary N) is 1. The zero-order valence-electron chi connectivity index (χ0n) is 18.1. The number of pyridine rings is 1. The average Bonchev–Trinajstić information content (AvgIpc) is 3.21. The van der Waals surface area contributed by atoms with E-state index in [1.807, 2.05) is 30.9 Å². The number of piperazine rings is 1. The molecule has 0 bridgehead atoms. The van der Waals surface area contributed by atoms with E-state index in [9.17, 15) is 14.4 Å². The van der Waals surface area contributed by atoms with Crippen LogP contribution in [0.25, 0.3) is 0 Å². The van der Waals surface area contributed by atoms with E-state index in [2.05, 4.69) is 4.98 Å². The van der Waals surface area contributed by atoms with Crippen molar-refractivity contribution in [1.82, 2.24) is 14.8 Å². The van der Waals surface area contributed by atoms with E-state index >= 15 is 0 Å². The number of primary amides is 1. The number of carbonyl (C=O) groups is 3. The molecule has 3 heterocycles. The Bertz CT molecular complexity index is 1040. The zero-order chi connectivity index (χ0) is 23.0. The van der Waals surface area contributed by atoms with Gasteiger partial charge in [0.05, 0.1) is 12.1 Å². The number of benzene rings is 1. The van der Waals surface area contributed by atoms with E-state index in [4.69, 9.17) is 17.3 Å². The van der Waals surface area contributed by atoms with E-state index < -0.39 is 11.4 Å². The molecule has 1 aromatic carbocycles. The first kappa shape index (κ1) is 22.1. The number of nitrogens with zero attached hydrogens (tertiary/aromatic N) is 4. The van der Waals surface area contributed by atoms with Crippen LogP contribution in [0.5, 0.6) is 0 Å². The molecule has 0 saturated carbocycles. The molecular formula is C23H26ClN5O3. The van der Waals surface area contributed by atoms with Crippen LogP contribution in [-0.2, 0) is 16.1 Å². The summed E-state index contributed by atoms with van der Waals surface area (Å²) in [5, 5.41) is 0.619. The van der Waals surface area contributed by atoms with E-state index in [0.29, 0.717) is 42.5 Å². The molecular weight excluding hydrogens is 430 g/mol. The van der Waals surface area contributed by atoms with Gasteiger partial charge in [0.25, 0.3) is 5.91 Å². The summed E-state index contributed by atoms with van der Waals surface area (Å²) in [5.41, 5.74) is 5.56. The first-order valence-electron chi connectivity index (χ1n) is 10.6. The maximum atomic E-state index is 13.7. The summed E-state index contributed by atoms with van der Waals surface area (Å²) >= 11 is 6.01. The predicted molar refractivity (Wildman–Crippen MR) is 121 cm³/mol. The molecule has 8 nitrogen and oxygen atoms in total. The number of rotatable bonds is 5. The summed E-state index contributed by atoms with van der Waals surface area (Å²) in [7, 11) is 0. The Kier molecular flexibility index (Phi) is 5.81. The van der Waals surface area contributed by atoms with Gasteiger partial charge in [-0.3, -0.25) is 14.4 Å². The highest BCUT2D eigenvalue weighted by Gasteiger charge is 2.56. The zero-order valence-corrected chi connectivity index (χ0v) is 18.9. The van der Waals surface area contributed by atoms with Gasteiger partial charge >= 0.3 is 0 Å². The van der Waals surface area contributed by atoms with Crippen LogP contribution >= 0.6 is 11.6 Å². The van der Waals surface area contributed by atoms with Crippen molar-refractivity contribution in [1.29, 1.82) is 0 Å². The summed E-state index contributed by atoms with van der Waals surface area (Å²) in [6.45, 7) is 5.13. The first-order valence-corrected chi connectivity index (χ1v) is 11.0. The van der Waals surface area contributed by atoms with Crippen LogP contribution in [0.3, 0.4) is 0 Å². The Balaban J connectivity index is 1.67. The van der Waals surface area contributed by atoms with Gasteiger partial charge in [-0.15, -0.1) is 0 Å². The lowest BCUT2D eigenvalue weighted by atomic mass is 9.89. The van der Waals surface area contributed by atoms with Crippen molar-refractivity contribution in [2.75, 3.05) is 24.5 Å². The van der Waals surface area contributed by atoms with E-state index in [1.54, 1.807) is 34.1 Å². The molecule has 1 aromatic heterocycles. The number of anilines is 1. The number of hydrogen-bond donors (Lipinski definition) is 1. The summed E-state index contributed by atoms with van der Waals surface area (Å²) in [6, 6.07) is 10.6. The molecule has 9 heteroatoms. The maximum absolute atomic E-state index is 13.7. The molecule has 3 amide bonds. The number of carbonyl (C=O) groups excluding carboxylic acids is 3. The van der Waals surface area contributed by atoms with Gasteiger partial charge in [-0.25, -0.2) is 4.98 Å². The van der Waals surface area contributed by atoms with E-state index in [1.165, 1.54) is 6.20 Å². The van der Waals surface area contributed by atoms with E-state index in [-0.39, 0.29) is 24.4 Å². The lowest BCUT2D eigenvalue weighted by molar-refractivity contribution is -0.166. The minimum atomic E-state index is -0.983. The van der Waals surface area contributed by atoms with Crippen molar-refractivity contribution in [2.45, 2.75) is 38.4 Å². The smallest absolute Gasteiger partial charge is 0.251 e. The van der Waals surface area contributed by atoms with E-state index in [0.717, 1.165) is 5.56 Å². The highest BCUT2D eigenvalue weighted by atomic mass is 35.5. The summed E-state index contributed by atoms with van der Waals surface area (Å²) < 4.78 is 0. The molecule has 1 unspecified atom stereocenters. The van der Waals surface area contributed by atoms with Crippen LogP contribution in [0.15, 0.2) is 42.6 Å². The third kappa shape index (κ3) is 3.90. The standard InChI is InChI=1S/C23H26ClN5O3/c1-15(2)28-13-20(30)29(12-16-3-6-18(24)7-4-16)23(22(28)32)9-10-27(14-23)19-8-5-17(11-26-19)21(25)31/h3-8,11,15H,9-10,12-14H2,1-2H3,(H2,25,31). The molecule has 2 saturated heterocycles. The van der Waals surface area contributed by atoms with Crippen molar-refractivity contribution in [3.05, 3.63) is 58.7 Å². The van der Waals surface area contributed by atoms with Crippen molar-refractivity contribution in [3.63, 3.8) is 0 Å². The molecule has 1 spiro atoms. The van der Waals surface area contributed by atoms with Crippen LogP contribution in [0.1, 0.15) is 36.2 Å². The molecule has 1 atom stereocenters. The van der Waals surface area contributed by atoms with Gasteiger partial charge in [0.1, 0.15) is 17.9 Å². The Morgan fingerprint density at radius 2 is 1.91 bits per heavy atom. The first-order chi connectivity index (χ1) is 15.2. The lowest BCUT2D eigenvalue weighted by Gasteiger charge is -2.48. The van der Waals surface area contributed by atoms with Crippen LogP contribution in [-0.4, -0.2) is 63.7 Å². The van der Waals surface area contributed by atoms with Gasteiger partial charge in [0.2, 0.25) is 11.8 Å². The minimum absolute atomic E-state index is 0.0441. The summed E-state index contributed by atoms with van der Waals surface area (Å²) in [6.07, 6.45) is 1.93. The molecule has 2 aromatic rings. The van der Waals surface area contributed by atoms with Crippen molar-refractivity contribution in [2.24, 2.45) is 5.73 Å². The fraction of sp³-hybridized carbons (Fsp3) is 0.391. The Hall–Kier alpha value is -3.13. The third-order valence-electron chi connectivity index (χ3n) is 6.26. The molecule has 2 N–H and O–H groups in total. The van der Waals surface area contributed by atoms with Crippen molar-refractivity contribution in [3.8, 4) is 0 Å². The third-order valence-corrected chi connectivity index (χ3v) is 6.52. The Morgan fingerprint density at radius 1 is 1.19 bits per heavy atom. The molecule has 0 aliphatic carbocycles. The molecule has 0 radical (unpaired) electrons. The minimum Gasteiger partial charge on any atom is -0.366 e. The topological polar surface area (TPSA) is 99.8 Å². The molecule has 2 fully saturated rings.